The summed E-state index contributed by atoms with van der Waals surface area (Å²) in [5.41, 5.74) is 0.601. The molecule has 0 saturated carbocycles. The Balaban J connectivity index is 3.44. The van der Waals surface area contributed by atoms with Crippen molar-refractivity contribution < 1.29 is 14.6 Å². The number of ether oxygens (including phenoxy) is 1. The van der Waals surface area contributed by atoms with Gasteiger partial charge in [0.15, 0.2) is 0 Å². The fourth-order valence-electron chi connectivity index (χ4n) is 0.876. The van der Waals surface area contributed by atoms with Crippen LogP contribution < -0.4 is 0 Å². The van der Waals surface area contributed by atoms with Crippen LogP contribution in [-0.2, 0) is 9.53 Å². The molecule has 0 aliphatic carbocycles. The molecule has 0 aliphatic rings. The van der Waals surface area contributed by atoms with Gasteiger partial charge in [-0.3, -0.25) is 4.79 Å². The van der Waals surface area contributed by atoms with Crippen molar-refractivity contribution in [3.8, 4) is 0 Å². The van der Waals surface area contributed by atoms with E-state index in [0.29, 0.717) is 24.7 Å². The number of carbonyl (C=O) groups excluding carboxylic acids is 1. The second-order valence-corrected chi connectivity index (χ2v) is 4.60. The molecule has 1 atom stereocenters. The topological polar surface area (TPSA) is 46.5 Å². The van der Waals surface area contributed by atoms with Crippen LogP contribution in [0.25, 0.3) is 0 Å². The predicted molar refractivity (Wildman–Crippen MR) is 64.0 cm³/mol. The minimum atomic E-state index is 0.0667. The lowest BCUT2D eigenvalue weighted by atomic mass is 10.1. The molecule has 0 bridgehead atoms. The van der Waals surface area contributed by atoms with Gasteiger partial charge in [-0.2, -0.15) is 0 Å². The minimum Gasteiger partial charge on any atom is -0.394 e. The summed E-state index contributed by atoms with van der Waals surface area (Å²) in [7, 11) is 0. The Morgan fingerprint density at radius 3 is 2.73 bits per heavy atom. The third-order valence-electron chi connectivity index (χ3n) is 1.84. The van der Waals surface area contributed by atoms with Crippen molar-refractivity contribution in [3.63, 3.8) is 0 Å². The van der Waals surface area contributed by atoms with E-state index in [1.54, 1.807) is 6.92 Å². The van der Waals surface area contributed by atoms with E-state index in [-0.39, 0.29) is 11.7 Å². The van der Waals surface area contributed by atoms with Crippen molar-refractivity contribution in [1.82, 2.24) is 0 Å². The molecule has 1 unspecified atom stereocenters. The van der Waals surface area contributed by atoms with Crippen molar-refractivity contribution >= 4 is 16.9 Å². The van der Waals surface area contributed by atoms with E-state index < -0.39 is 0 Å². The Bertz CT molecular complexity index is 204. The number of aliphatic hydroxyl groups is 1. The Kier molecular flexibility index (Phi) is 8.76. The monoisotopic (exact) mass is 232 g/mol. The van der Waals surface area contributed by atoms with Crippen LogP contribution in [0.15, 0.2) is 12.2 Å². The van der Waals surface area contributed by atoms with Gasteiger partial charge in [0.25, 0.3) is 0 Å². The normalized spacial score (nSPS) is 12.5. The second kappa shape index (κ2) is 8.95. The average Bonchev–Trinajstić information content (AvgIpc) is 2.20. The third-order valence-corrected chi connectivity index (χ3v) is 3.18. The first kappa shape index (κ1) is 14.7. The van der Waals surface area contributed by atoms with E-state index in [9.17, 15) is 4.79 Å². The molecule has 3 nitrogen and oxygen atoms in total. The maximum atomic E-state index is 11.2. The molecule has 0 spiro atoms. The molecule has 0 aliphatic heterocycles. The number of rotatable bonds is 8. The lowest BCUT2D eigenvalue weighted by molar-refractivity contribution is -0.107. The molecule has 0 saturated heterocycles. The van der Waals surface area contributed by atoms with Crippen LogP contribution in [0.1, 0.15) is 20.3 Å². The van der Waals surface area contributed by atoms with Gasteiger partial charge in [0.05, 0.1) is 13.2 Å². The van der Waals surface area contributed by atoms with Crippen molar-refractivity contribution in [1.29, 1.82) is 0 Å². The zero-order valence-corrected chi connectivity index (χ0v) is 10.3. The van der Waals surface area contributed by atoms with E-state index in [1.165, 1.54) is 11.8 Å². The molecule has 0 rings (SSSR count). The van der Waals surface area contributed by atoms with Crippen LogP contribution >= 0.6 is 11.8 Å². The van der Waals surface area contributed by atoms with Gasteiger partial charge < -0.3 is 9.84 Å². The van der Waals surface area contributed by atoms with Gasteiger partial charge in [-0.25, -0.2) is 0 Å². The van der Waals surface area contributed by atoms with E-state index in [2.05, 4.69) is 13.5 Å². The van der Waals surface area contributed by atoms with Crippen LogP contribution in [0, 0.1) is 5.92 Å². The molecule has 1 N–H and O–H groups in total. The summed E-state index contributed by atoms with van der Waals surface area (Å²) in [5, 5.41) is 8.55. The van der Waals surface area contributed by atoms with Crippen LogP contribution in [-0.4, -0.2) is 35.8 Å². The average molecular weight is 232 g/mol. The molecule has 0 aromatic heterocycles. The first-order valence-electron chi connectivity index (χ1n) is 5.09. The molecule has 4 heteroatoms. The van der Waals surface area contributed by atoms with Crippen molar-refractivity contribution in [2.75, 3.05) is 25.6 Å². The lowest BCUT2D eigenvalue weighted by Gasteiger charge is -2.10. The van der Waals surface area contributed by atoms with Gasteiger partial charge in [0.1, 0.15) is 0 Å². The zero-order valence-electron chi connectivity index (χ0n) is 9.49. The van der Waals surface area contributed by atoms with Gasteiger partial charge >= 0.3 is 0 Å². The summed E-state index contributed by atoms with van der Waals surface area (Å²) in [6.07, 6.45) is 0.913. The molecule has 0 heterocycles. The first-order valence-corrected chi connectivity index (χ1v) is 6.07. The molecule has 0 aromatic rings. The number of carbonyl (C=O) groups is 1. The highest BCUT2D eigenvalue weighted by Crippen LogP contribution is 2.15. The summed E-state index contributed by atoms with van der Waals surface area (Å²) in [4.78, 5) is 11.2. The van der Waals surface area contributed by atoms with Crippen LogP contribution in [0.2, 0.25) is 0 Å². The summed E-state index contributed by atoms with van der Waals surface area (Å²) >= 11 is 1.31. The summed E-state index contributed by atoms with van der Waals surface area (Å²) < 4.78 is 5.15. The number of hydrogen-bond acceptors (Lipinski definition) is 4. The Labute approximate surface area is 95.9 Å². The highest BCUT2D eigenvalue weighted by Gasteiger charge is 2.07. The molecule has 0 radical (unpaired) electrons. The van der Waals surface area contributed by atoms with Crippen molar-refractivity contribution in [2.45, 2.75) is 20.3 Å². The number of hydrogen-bond donors (Lipinski definition) is 1. The highest BCUT2D eigenvalue weighted by atomic mass is 32.2. The van der Waals surface area contributed by atoms with Gasteiger partial charge in [-0.1, -0.05) is 25.3 Å². The van der Waals surface area contributed by atoms with Gasteiger partial charge in [-0.05, 0) is 24.8 Å². The molecular formula is C11H20O3S. The maximum absolute atomic E-state index is 11.2. The van der Waals surface area contributed by atoms with E-state index in [4.69, 9.17) is 9.84 Å². The number of aliphatic hydroxyl groups excluding tert-OH is 1. The Morgan fingerprint density at radius 1 is 1.53 bits per heavy atom. The Morgan fingerprint density at radius 2 is 2.20 bits per heavy atom. The molecule has 0 fully saturated rings. The van der Waals surface area contributed by atoms with Crippen LogP contribution in [0.4, 0.5) is 0 Å². The van der Waals surface area contributed by atoms with Gasteiger partial charge in [0, 0.05) is 12.4 Å². The standard InChI is InChI=1S/C11H20O3S/c1-9(2)11(13)15-8-10(3)4-6-14-7-5-12/h10,12H,1,4-8H2,2-3H3. The fraction of sp³-hybridized carbons (Fsp3) is 0.727. The van der Waals surface area contributed by atoms with Crippen molar-refractivity contribution in [2.24, 2.45) is 5.92 Å². The largest absolute Gasteiger partial charge is 0.394 e. The fourth-order valence-corrected chi connectivity index (χ4v) is 1.72. The van der Waals surface area contributed by atoms with Gasteiger partial charge in [0.2, 0.25) is 5.12 Å². The Hall–Kier alpha value is -0.320. The maximum Gasteiger partial charge on any atom is 0.214 e. The highest BCUT2D eigenvalue weighted by molar-refractivity contribution is 8.14. The summed E-state index contributed by atoms with van der Waals surface area (Å²) in [6.45, 7) is 8.51. The van der Waals surface area contributed by atoms with Gasteiger partial charge in [-0.15, -0.1) is 0 Å². The minimum absolute atomic E-state index is 0.0667. The quantitative estimate of drug-likeness (QED) is 0.512. The van der Waals surface area contributed by atoms with Crippen LogP contribution in [0.3, 0.4) is 0 Å². The van der Waals surface area contributed by atoms with E-state index >= 15 is 0 Å². The van der Waals surface area contributed by atoms with E-state index in [1.807, 2.05) is 0 Å². The first-order chi connectivity index (χ1) is 7.07. The SMILES string of the molecule is C=C(C)C(=O)SCC(C)CCOCCO. The molecular weight excluding hydrogens is 212 g/mol. The summed E-state index contributed by atoms with van der Waals surface area (Å²) in [6, 6.07) is 0. The predicted octanol–water partition coefficient (Wildman–Crippen LogP) is 1.86. The zero-order chi connectivity index (χ0) is 11.7. The smallest absolute Gasteiger partial charge is 0.214 e. The molecule has 88 valence electrons. The molecule has 0 amide bonds. The van der Waals surface area contributed by atoms with Crippen molar-refractivity contribution in [3.05, 3.63) is 12.2 Å². The van der Waals surface area contributed by atoms with Crippen LogP contribution in [0.5, 0.6) is 0 Å². The molecule has 0 aromatic carbocycles. The number of thioether (sulfide) groups is 1. The summed E-state index contributed by atoms with van der Waals surface area (Å²) in [5.74, 6) is 1.24. The lowest BCUT2D eigenvalue weighted by Crippen LogP contribution is -2.08. The second-order valence-electron chi connectivity index (χ2n) is 3.61. The van der Waals surface area contributed by atoms with E-state index in [0.717, 1.165) is 12.2 Å². The molecule has 15 heavy (non-hydrogen) atoms. The third kappa shape index (κ3) is 8.66.